The Balaban J connectivity index is 1.55. The monoisotopic (exact) mass is 380 g/mol. The number of benzene rings is 2. The van der Waals surface area contributed by atoms with Gasteiger partial charge in [-0.2, -0.15) is 0 Å². The fourth-order valence-electron chi connectivity index (χ4n) is 3.46. The van der Waals surface area contributed by atoms with Crippen molar-refractivity contribution in [1.82, 2.24) is 5.32 Å². The van der Waals surface area contributed by atoms with Crippen LogP contribution in [0, 0.1) is 5.92 Å². The molecule has 6 nitrogen and oxygen atoms in total. The number of rotatable bonds is 6. The Hall–Kier alpha value is -3.02. The van der Waals surface area contributed by atoms with Gasteiger partial charge in [-0.3, -0.25) is 9.59 Å². The topological polar surface area (TPSA) is 78.7 Å². The molecular weight excluding hydrogens is 352 g/mol. The molecule has 1 heterocycles. The second-order valence-electron chi connectivity index (χ2n) is 7.48. The number of amides is 2. The molecule has 2 amide bonds. The Morgan fingerprint density at radius 1 is 1.11 bits per heavy atom. The van der Waals surface area contributed by atoms with Crippen LogP contribution in [0.5, 0.6) is 0 Å². The summed E-state index contributed by atoms with van der Waals surface area (Å²) in [5, 5.41) is 2.96. The van der Waals surface area contributed by atoms with Crippen molar-refractivity contribution in [3.8, 4) is 0 Å². The van der Waals surface area contributed by atoms with Crippen LogP contribution < -0.4 is 20.9 Å². The van der Waals surface area contributed by atoms with Gasteiger partial charge in [0.15, 0.2) is 0 Å². The van der Waals surface area contributed by atoms with Gasteiger partial charge < -0.3 is 20.9 Å². The summed E-state index contributed by atoms with van der Waals surface area (Å²) in [5.74, 6) is -0.385. The molecule has 6 heteroatoms. The van der Waals surface area contributed by atoms with Crippen LogP contribution in [0.25, 0.3) is 0 Å². The first-order chi connectivity index (χ1) is 13.4. The molecule has 1 atom stereocenters. The Labute approximate surface area is 166 Å². The van der Waals surface area contributed by atoms with E-state index >= 15 is 0 Å². The van der Waals surface area contributed by atoms with E-state index < -0.39 is 0 Å². The average molecular weight is 380 g/mol. The molecule has 28 heavy (non-hydrogen) atoms. The van der Waals surface area contributed by atoms with Gasteiger partial charge in [0.05, 0.1) is 5.92 Å². The number of nitrogens with zero attached hydrogens (tertiary/aromatic N) is 2. The van der Waals surface area contributed by atoms with E-state index in [-0.39, 0.29) is 17.7 Å². The van der Waals surface area contributed by atoms with Crippen molar-refractivity contribution < 1.29 is 9.59 Å². The van der Waals surface area contributed by atoms with E-state index in [2.05, 4.69) is 10.2 Å². The highest BCUT2D eigenvalue weighted by Gasteiger charge is 2.24. The van der Waals surface area contributed by atoms with Crippen LogP contribution in [0.15, 0.2) is 48.5 Å². The van der Waals surface area contributed by atoms with Crippen molar-refractivity contribution in [3.05, 3.63) is 59.7 Å². The summed E-state index contributed by atoms with van der Waals surface area (Å²) in [4.78, 5) is 28.0. The molecule has 0 spiro atoms. The van der Waals surface area contributed by atoms with Crippen molar-refractivity contribution >= 4 is 23.2 Å². The molecule has 148 valence electrons. The highest BCUT2D eigenvalue weighted by atomic mass is 16.2. The lowest BCUT2D eigenvalue weighted by molar-refractivity contribution is -0.122. The maximum absolute atomic E-state index is 12.3. The molecule has 2 aromatic carbocycles. The fraction of sp³-hybridized carbons (Fsp3) is 0.364. The normalized spacial score (nSPS) is 16.5. The van der Waals surface area contributed by atoms with Gasteiger partial charge >= 0.3 is 0 Å². The molecule has 0 saturated carbocycles. The van der Waals surface area contributed by atoms with E-state index in [4.69, 9.17) is 5.73 Å². The molecular formula is C22H28N4O2. The smallest absolute Gasteiger partial charge is 0.251 e. The van der Waals surface area contributed by atoms with Crippen LogP contribution >= 0.6 is 0 Å². The first kappa shape index (κ1) is 19.7. The second-order valence-corrected chi connectivity index (χ2v) is 7.48. The Kier molecular flexibility index (Phi) is 6.19. The summed E-state index contributed by atoms with van der Waals surface area (Å²) in [6, 6.07) is 15.6. The highest BCUT2D eigenvalue weighted by molar-refractivity contribution is 5.94. The number of piperidine rings is 1. The lowest BCUT2D eigenvalue weighted by Crippen LogP contribution is -2.41. The number of nitrogens with one attached hydrogen (secondary N) is 1. The molecule has 0 aliphatic carbocycles. The minimum Gasteiger partial charge on any atom is -0.378 e. The molecule has 1 unspecified atom stereocenters. The van der Waals surface area contributed by atoms with Gasteiger partial charge in [0.1, 0.15) is 0 Å². The minimum atomic E-state index is -0.220. The van der Waals surface area contributed by atoms with Crippen molar-refractivity contribution in [2.45, 2.75) is 19.4 Å². The second kappa shape index (κ2) is 8.78. The fourth-order valence-corrected chi connectivity index (χ4v) is 3.46. The quantitative estimate of drug-likeness (QED) is 0.807. The standard InChI is InChI=1S/C22H28N4O2/c1-25(2)19-11-7-17(8-12-19)22(28)24-14-16-5-9-20(10-6-16)26-13-3-4-18(15-26)21(23)27/h5-12,18H,3-4,13-15H2,1-2H3,(H2,23,27)(H,24,28). The van der Waals surface area contributed by atoms with Gasteiger partial charge in [-0.15, -0.1) is 0 Å². The first-order valence-corrected chi connectivity index (χ1v) is 9.63. The van der Waals surface area contributed by atoms with E-state index in [9.17, 15) is 9.59 Å². The van der Waals surface area contributed by atoms with Crippen molar-refractivity contribution in [2.75, 3.05) is 37.0 Å². The Bertz CT molecular complexity index is 815. The van der Waals surface area contributed by atoms with Crippen LogP contribution in [-0.2, 0) is 11.3 Å². The molecule has 0 bridgehead atoms. The SMILES string of the molecule is CN(C)c1ccc(C(=O)NCc2ccc(N3CCCC(C(N)=O)C3)cc2)cc1. The largest absolute Gasteiger partial charge is 0.378 e. The van der Waals surface area contributed by atoms with E-state index in [1.165, 1.54) is 0 Å². The molecule has 1 aliphatic rings. The van der Waals surface area contributed by atoms with Crippen molar-refractivity contribution in [1.29, 1.82) is 0 Å². The van der Waals surface area contributed by atoms with Crippen molar-refractivity contribution in [3.63, 3.8) is 0 Å². The predicted octanol–water partition coefficient (Wildman–Crippen LogP) is 2.38. The van der Waals surface area contributed by atoms with Gasteiger partial charge in [0, 0.05) is 50.7 Å². The first-order valence-electron chi connectivity index (χ1n) is 9.63. The molecule has 1 aliphatic heterocycles. The molecule has 1 saturated heterocycles. The van der Waals surface area contributed by atoms with Gasteiger partial charge in [0.2, 0.25) is 5.91 Å². The van der Waals surface area contributed by atoms with Crippen molar-refractivity contribution in [2.24, 2.45) is 11.7 Å². The van der Waals surface area contributed by atoms with Gasteiger partial charge in [-0.25, -0.2) is 0 Å². The van der Waals surface area contributed by atoms with Gasteiger partial charge in [0.25, 0.3) is 5.91 Å². The molecule has 0 aromatic heterocycles. The summed E-state index contributed by atoms with van der Waals surface area (Å²) in [6.07, 6.45) is 1.84. The molecule has 3 rings (SSSR count). The average Bonchev–Trinajstić information content (AvgIpc) is 2.72. The number of primary amides is 1. The third-order valence-electron chi connectivity index (χ3n) is 5.22. The van der Waals surface area contributed by atoms with E-state index in [1.54, 1.807) is 0 Å². The predicted molar refractivity (Wildman–Crippen MR) is 113 cm³/mol. The number of hydrogen-bond donors (Lipinski definition) is 2. The Morgan fingerprint density at radius 3 is 2.39 bits per heavy atom. The Morgan fingerprint density at radius 2 is 1.79 bits per heavy atom. The number of carbonyl (C=O) groups is 2. The number of carbonyl (C=O) groups excluding carboxylic acids is 2. The van der Waals surface area contributed by atoms with Crippen LogP contribution in [0.3, 0.4) is 0 Å². The van der Waals surface area contributed by atoms with Crippen LogP contribution in [0.1, 0.15) is 28.8 Å². The third-order valence-corrected chi connectivity index (χ3v) is 5.22. The zero-order valence-electron chi connectivity index (χ0n) is 16.5. The van der Waals surface area contributed by atoms with Crippen LogP contribution in [0.2, 0.25) is 0 Å². The number of nitrogens with two attached hydrogens (primary N) is 1. The number of anilines is 2. The van der Waals surface area contributed by atoms with E-state index in [0.717, 1.165) is 36.3 Å². The van der Waals surface area contributed by atoms with Gasteiger partial charge in [-0.1, -0.05) is 12.1 Å². The van der Waals surface area contributed by atoms with E-state index in [1.807, 2.05) is 67.5 Å². The zero-order chi connectivity index (χ0) is 20.1. The summed E-state index contributed by atoms with van der Waals surface area (Å²) in [5.41, 5.74) is 9.28. The maximum atomic E-state index is 12.3. The van der Waals surface area contributed by atoms with E-state index in [0.29, 0.717) is 18.7 Å². The molecule has 3 N–H and O–H groups in total. The van der Waals surface area contributed by atoms with Crippen LogP contribution in [-0.4, -0.2) is 39.0 Å². The lowest BCUT2D eigenvalue weighted by Gasteiger charge is -2.33. The third kappa shape index (κ3) is 4.82. The highest BCUT2D eigenvalue weighted by Crippen LogP contribution is 2.23. The summed E-state index contributed by atoms with van der Waals surface area (Å²) in [7, 11) is 3.94. The minimum absolute atomic E-state index is 0.0772. The zero-order valence-corrected chi connectivity index (χ0v) is 16.5. The summed E-state index contributed by atoms with van der Waals surface area (Å²) < 4.78 is 0. The van der Waals surface area contributed by atoms with Gasteiger partial charge in [-0.05, 0) is 54.8 Å². The maximum Gasteiger partial charge on any atom is 0.251 e. The lowest BCUT2D eigenvalue weighted by atomic mass is 9.97. The molecule has 1 fully saturated rings. The summed E-state index contributed by atoms with van der Waals surface area (Å²) in [6.45, 7) is 2.08. The summed E-state index contributed by atoms with van der Waals surface area (Å²) >= 11 is 0. The van der Waals surface area contributed by atoms with Crippen LogP contribution in [0.4, 0.5) is 11.4 Å². The molecule has 2 aromatic rings. The molecule has 0 radical (unpaired) electrons. The number of hydrogen-bond acceptors (Lipinski definition) is 4.